The van der Waals surface area contributed by atoms with Crippen molar-refractivity contribution in [2.45, 2.75) is 44.9 Å². The van der Waals surface area contributed by atoms with Gasteiger partial charge >= 0.3 is 0 Å². The van der Waals surface area contributed by atoms with Crippen LogP contribution in [0.5, 0.6) is 0 Å². The molecule has 1 N–H and O–H groups in total. The van der Waals surface area contributed by atoms with Gasteiger partial charge in [0.05, 0.1) is 12.4 Å². The zero-order chi connectivity index (χ0) is 12.4. The third kappa shape index (κ3) is 2.34. The fourth-order valence-electron chi connectivity index (χ4n) is 2.71. The number of fused-ring (bicyclic) bond motifs is 1. The van der Waals surface area contributed by atoms with Crippen molar-refractivity contribution in [2.24, 2.45) is 0 Å². The van der Waals surface area contributed by atoms with Crippen molar-refractivity contribution in [3.05, 3.63) is 42.2 Å². The van der Waals surface area contributed by atoms with Gasteiger partial charge in [0.1, 0.15) is 0 Å². The quantitative estimate of drug-likeness (QED) is 0.896. The molecular formula is C14H19N3O. The summed E-state index contributed by atoms with van der Waals surface area (Å²) in [4.78, 5) is 4.03. The average Bonchev–Trinajstić information content (AvgIpc) is 2.98. The largest absolute Gasteiger partial charge is 0.388 e. The second-order valence-corrected chi connectivity index (χ2v) is 5.04. The molecule has 4 heteroatoms. The van der Waals surface area contributed by atoms with Crippen molar-refractivity contribution in [2.75, 3.05) is 0 Å². The number of hydrogen-bond donors (Lipinski definition) is 1. The lowest BCUT2D eigenvalue weighted by Crippen LogP contribution is -2.05. The van der Waals surface area contributed by atoms with Crippen molar-refractivity contribution >= 4 is 0 Å². The molecule has 96 valence electrons. The molecule has 2 aromatic rings. The topological polar surface area (TPSA) is 43.0 Å². The van der Waals surface area contributed by atoms with Gasteiger partial charge in [0.2, 0.25) is 0 Å². The molecule has 0 amide bonds. The minimum Gasteiger partial charge on any atom is -0.388 e. The Morgan fingerprint density at radius 3 is 2.94 bits per heavy atom. The predicted molar refractivity (Wildman–Crippen MR) is 69.2 cm³/mol. The molecule has 1 unspecified atom stereocenters. The number of hydrogen-bond acceptors (Lipinski definition) is 2. The molecule has 4 nitrogen and oxygen atoms in total. The van der Waals surface area contributed by atoms with Crippen LogP contribution in [-0.2, 0) is 19.5 Å². The summed E-state index contributed by atoms with van der Waals surface area (Å²) in [5, 5.41) is 9.92. The maximum absolute atomic E-state index is 9.92. The summed E-state index contributed by atoms with van der Waals surface area (Å²) in [6, 6.07) is 0. The Morgan fingerprint density at radius 1 is 1.28 bits per heavy atom. The van der Waals surface area contributed by atoms with Crippen LogP contribution in [0.3, 0.4) is 0 Å². The Labute approximate surface area is 107 Å². The summed E-state index contributed by atoms with van der Waals surface area (Å²) < 4.78 is 4.31. The first-order chi connectivity index (χ1) is 8.83. The molecule has 0 radical (unpaired) electrons. The van der Waals surface area contributed by atoms with Crippen molar-refractivity contribution in [1.29, 1.82) is 0 Å². The van der Waals surface area contributed by atoms with Gasteiger partial charge in [-0.25, -0.2) is 4.98 Å². The Morgan fingerprint density at radius 2 is 2.17 bits per heavy atom. The monoisotopic (exact) mass is 245 g/mol. The Bertz CT molecular complexity index is 501. The smallest absolute Gasteiger partial charge is 0.0945 e. The summed E-state index contributed by atoms with van der Waals surface area (Å²) in [5.74, 6) is 0. The number of aliphatic hydroxyl groups excluding tert-OH is 1. The van der Waals surface area contributed by atoms with Gasteiger partial charge in [0, 0.05) is 43.4 Å². The van der Waals surface area contributed by atoms with E-state index >= 15 is 0 Å². The third-order valence-corrected chi connectivity index (χ3v) is 3.67. The van der Waals surface area contributed by atoms with Gasteiger partial charge in [-0.3, -0.25) is 0 Å². The van der Waals surface area contributed by atoms with Crippen LogP contribution in [0.4, 0.5) is 0 Å². The lowest BCUT2D eigenvalue weighted by Gasteiger charge is -2.16. The maximum atomic E-state index is 9.92. The van der Waals surface area contributed by atoms with Crippen molar-refractivity contribution in [3.63, 3.8) is 0 Å². The summed E-state index contributed by atoms with van der Waals surface area (Å²) >= 11 is 0. The molecule has 0 saturated carbocycles. The second kappa shape index (κ2) is 4.98. The Balaban J connectivity index is 1.60. The summed E-state index contributed by atoms with van der Waals surface area (Å²) in [5.41, 5.74) is 2.47. The SMILES string of the molecule is OC1CCCc2cn(CCCn3ccnc3)cc21. The highest BCUT2D eigenvalue weighted by molar-refractivity contribution is 5.28. The molecular weight excluding hydrogens is 226 g/mol. The molecule has 0 saturated heterocycles. The van der Waals surface area contributed by atoms with Gasteiger partial charge < -0.3 is 14.2 Å². The first kappa shape index (κ1) is 11.5. The molecule has 2 heterocycles. The van der Waals surface area contributed by atoms with Gasteiger partial charge in [-0.2, -0.15) is 0 Å². The van der Waals surface area contributed by atoms with E-state index in [0.29, 0.717) is 0 Å². The lowest BCUT2D eigenvalue weighted by atomic mass is 9.93. The van der Waals surface area contributed by atoms with Crippen molar-refractivity contribution in [1.82, 2.24) is 14.1 Å². The summed E-state index contributed by atoms with van der Waals surface area (Å²) in [6.45, 7) is 1.99. The first-order valence-corrected chi connectivity index (χ1v) is 6.65. The van der Waals surface area contributed by atoms with Gasteiger partial charge in [-0.1, -0.05) is 0 Å². The van der Waals surface area contributed by atoms with Crippen LogP contribution in [0.2, 0.25) is 0 Å². The predicted octanol–water partition coefficient (Wildman–Crippen LogP) is 2.14. The molecule has 18 heavy (non-hydrogen) atoms. The molecule has 2 aromatic heterocycles. The molecule has 0 aliphatic heterocycles. The van der Waals surface area contributed by atoms with Crippen LogP contribution in [0.25, 0.3) is 0 Å². The zero-order valence-electron chi connectivity index (χ0n) is 10.5. The van der Waals surface area contributed by atoms with Crippen LogP contribution >= 0.6 is 0 Å². The van der Waals surface area contributed by atoms with E-state index in [-0.39, 0.29) is 6.10 Å². The highest BCUT2D eigenvalue weighted by Crippen LogP contribution is 2.30. The van der Waals surface area contributed by atoms with Crippen LogP contribution in [0, 0.1) is 0 Å². The van der Waals surface area contributed by atoms with Gasteiger partial charge in [0.15, 0.2) is 0 Å². The maximum Gasteiger partial charge on any atom is 0.0945 e. The Hall–Kier alpha value is -1.55. The number of imidazole rings is 1. The molecule has 1 aliphatic rings. The number of nitrogens with zero attached hydrogens (tertiary/aromatic N) is 3. The number of aryl methyl sites for hydroxylation is 3. The first-order valence-electron chi connectivity index (χ1n) is 6.65. The molecule has 0 spiro atoms. The molecule has 1 aliphatic carbocycles. The number of aromatic nitrogens is 3. The van der Waals surface area contributed by atoms with E-state index in [1.165, 1.54) is 5.56 Å². The highest BCUT2D eigenvalue weighted by atomic mass is 16.3. The molecule has 1 atom stereocenters. The minimum atomic E-state index is -0.247. The minimum absolute atomic E-state index is 0.247. The van der Waals surface area contributed by atoms with Crippen LogP contribution in [0.15, 0.2) is 31.1 Å². The van der Waals surface area contributed by atoms with E-state index < -0.39 is 0 Å². The molecule has 3 rings (SSSR count). The zero-order valence-corrected chi connectivity index (χ0v) is 10.5. The third-order valence-electron chi connectivity index (χ3n) is 3.67. The van der Waals surface area contributed by atoms with Crippen LogP contribution in [-0.4, -0.2) is 19.2 Å². The van der Waals surface area contributed by atoms with Gasteiger partial charge in [-0.05, 0) is 31.2 Å². The van der Waals surface area contributed by atoms with E-state index in [0.717, 1.165) is 44.3 Å². The second-order valence-electron chi connectivity index (χ2n) is 5.04. The molecule has 0 fully saturated rings. The van der Waals surface area contributed by atoms with Crippen molar-refractivity contribution < 1.29 is 5.11 Å². The lowest BCUT2D eigenvalue weighted by molar-refractivity contribution is 0.157. The van der Waals surface area contributed by atoms with E-state index in [9.17, 15) is 5.11 Å². The normalized spacial score (nSPS) is 18.8. The van der Waals surface area contributed by atoms with E-state index in [4.69, 9.17) is 0 Å². The number of rotatable bonds is 4. The standard InChI is InChI=1S/C14H19N3O/c18-14-4-1-3-12-9-17(10-13(12)14)7-2-6-16-8-5-15-11-16/h5,8-11,14,18H,1-4,6-7H2. The van der Waals surface area contributed by atoms with E-state index in [1.807, 2.05) is 18.7 Å². The van der Waals surface area contributed by atoms with Crippen LogP contribution < -0.4 is 0 Å². The summed E-state index contributed by atoms with van der Waals surface area (Å²) in [6.07, 6.45) is 13.9. The van der Waals surface area contributed by atoms with E-state index in [1.54, 1.807) is 0 Å². The van der Waals surface area contributed by atoms with Gasteiger partial charge in [0.25, 0.3) is 0 Å². The summed E-state index contributed by atoms with van der Waals surface area (Å²) in [7, 11) is 0. The number of aliphatic hydroxyl groups is 1. The van der Waals surface area contributed by atoms with Crippen LogP contribution in [0.1, 0.15) is 36.5 Å². The Kier molecular flexibility index (Phi) is 3.19. The van der Waals surface area contributed by atoms with Crippen molar-refractivity contribution in [3.8, 4) is 0 Å². The molecule has 0 aromatic carbocycles. The fourth-order valence-corrected chi connectivity index (χ4v) is 2.71. The van der Waals surface area contributed by atoms with Gasteiger partial charge in [-0.15, -0.1) is 0 Å². The van der Waals surface area contributed by atoms with E-state index in [2.05, 4.69) is 26.5 Å². The molecule has 0 bridgehead atoms. The average molecular weight is 245 g/mol. The fraction of sp³-hybridized carbons (Fsp3) is 0.500. The highest BCUT2D eigenvalue weighted by Gasteiger charge is 2.19.